The first-order chi connectivity index (χ1) is 14.9. The largest absolute Gasteiger partial charge is 0.494 e. The van der Waals surface area contributed by atoms with Crippen molar-refractivity contribution in [3.8, 4) is 5.75 Å². The topological polar surface area (TPSA) is 78.9 Å². The molecule has 0 aliphatic carbocycles. The number of rotatable bonds is 6. The molecule has 0 fully saturated rings. The number of hydrogen-bond donors (Lipinski definition) is 2. The number of para-hydroxylation sites is 1. The number of ether oxygens (including phenoxy) is 1. The number of nitrogens with one attached hydrogen (secondary N) is 1. The monoisotopic (exact) mass is 420 g/mol. The molecule has 31 heavy (non-hydrogen) atoms. The maximum atomic E-state index is 13.8. The third kappa shape index (κ3) is 3.75. The second-order valence-corrected chi connectivity index (χ2v) is 7.13. The Hall–Kier alpha value is -3.71. The number of amides is 2. The molecule has 158 valence electrons. The molecule has 1 heterocycles. The highest BCUT2D eigenvalue weighted by atomic mass is 19.1. The number of benzene rings is 3. The first kappa shape index (κ1) is 20.6. The summed E-state index contributed by atoms with van der Waals surface area (Å²) in [5.74, 6) is -1.02. The lowest BCUT2D eigenvalue weighted by Crippen LogP contribution is -2.44. The Balaban J connectivity index is 1.59. The van der Waals surface area contributed by atoms with E-state index in [-0.39, 0.29) is 12.1 Å². The maximum absolute atomic E-state index is 13.8. The van der Waals surface area contributed by atoms with Gasteiger partial charge in [-0.2, -0.15) is 0 Å². The summed E-state index contributed by atoms with van der Waals surface area (Å²) in [6.45, 7) is 2.11. The molecule has 0 saturated heterocycles. The lowest BCUT2D eigenvalue weighted by molar-refractivity contribution is -0.133. The molecular weight excluding hydrogens is 399 g/mol. The van der Waals surface area contributed by atoms with Gasteiger partial charge in [0.05, 0.1) is 12.3 Å². The zero-order chi connectivity index (χ0) is 22.0. The van der Waals surface area contributed by atoms with Crippen molar-refractivity contribution in [2.75, 3.05) is 23.4 Å². The molecule has 0 aromatic heterocycles. The summed E-state index contributed by atoms with van der Waals surface area (Å²) in [4.78, 5) is 27.1. The third-order valence-corrected chi connectivity index (χ3v) is 5.13. The van der Waals surface area contributed by atoms with Gasteiger partial charge in [-0.1, -0.05) is 30.3 Å². The highest BCUT2D eigenvalue weighted by Gasteiger charge is 2.51. The minimum Gasteiger partial charge on any atom is -0.494 e. The zero-order valence-corrected chi connectivity index (χ0v) is 16.8. The van der Waals surface area contributed by atoms with Crippen LogP contribution in [-0.4, -0.2) is 30.1 Å². The van der Waals surface area contributed by atoms with E-state index in [0.29, 0.717) is 29.3 Å². The molecule has 1 aliphatic rings. The highest BCUT2D eigenvalue weighted by Crippen LogP contribution is 2.44. The molecule has 2 amide bonds. The van der Waals surface area contributed by atoms with Crippen LogP contribution in [-0.2, 0) is 15.2 Å². The quantitative estimate of drug-likeness (QED) is 0.640. The van der Waals surface area contributed by atoms with Gasteiger partial charge in [-0.15, -0.1) is 0 Å². The van der Waals surface area contributed by atoms with Crippen LogP contribution in [0.25, 0.3) is 0 Å². The van der Waals surface area contributed by atoms with E-state index in [9.17, 15) is 19.1 Å². The number of anilines is 2. The number of hydrogen-bond acceptors (Lipinski definition) is 4. The Bertz CT molecular complexity index is 1130. The first-order valence-corrected chi connectivity index (χ1v) is 9.86. The molecule has 1 atom stereocenters. The summed E-state index contributed by atoms with van der Waals surface area (Å²) < 4.78 is 19.2. The Morgan fingerprint density at radius 1 is 1.10 bits per heavy atom. The van der Waals surface area contributed by atoms with Crippen LogP contribution in [0.2, 0.25) is 0 Å². The van der Waals surface area contributed by atoms with Crippen LogP contribution < -0.4 is 15.0 Å². The van der Waals surface area contributed by atoms with Crippen molar-refractivity contribution >= 4 is 23.2 Å². The minimum absolute atomic E-state index is 0.111. The van der Waals surface area contributed by atoms with Gasteiger partial charge in [0.2, 0.25) is 5.91 Å². The van der Waals surface area contributed by atoms with E-state index in [0.717, 1.165) is 6.07 Å². The molecule has 3 aromatic carbocycles. The molecule has 0 unspecified atom stereocenters. The summed E-state index contributed by atoms with van der Waals surface area (Å²) in [5.41, 5.74) is -0.702. The zero-order valence-electron chi connectivity index (χ0n) is 16.8. The lowest BCUT2D eigenvalue weighted by atomic mass is 9.87. The van der Waals surface area contributed by atoms with Gasteiger partial charge in [-0.3, -0.25) is 14.5 Å². The number of nitrogens with zero attached hydrogens (tertiary/aromatic N) is 1. The summed E-state index contributed by atoms with van der Waals surface area (Å²) in [6.07, 6.45) is 0. The summed E-state index contributed by atoms with van der Waals surface area (Å²) in [5, 5.41) is 14.1. The normalized spacial score (nSPS) is 17.4. The summed E-state index contributed by atoms with van der Waals surface area (Å²) in [6, 6.07) is 18.8. The number of carbonyl (C=O) groups is 2. The van der Waals surface area contributed by atoms with Crippen LogP contribution >= 0.6 is 0 Å². The Morgan fingerprint density at radius 3 is 2.55 bits per heavy atom. The van der Waals surface area contributed by atoms with Crippen LogP contribution in [0.15, 0.2) is 72.8 Å². The van der Waals surface area contributed by atoms with E-state index < -0.39 is 23.2 Å². The van der Waals surface area contributed by atoms with E-state index in [4.69, 9.17) is 4.74 Å². The predicted octanol–water partition coefficient (Wildman–Crippen LogP) is 3.45. The smallest absolute Gasteiger partial charge is 0.268 e. The SMILES string of the molecule is CCOc1ccc(NC(=O)CN2C(=O)[C@@](O)(c3cccc(F)c3)c3ccccc32)cc1. The van der Waals surface area contributed by atoms with Crippen LogP contribution in [0.1, 0.15) is 18.1 Å². The summed E-state index contributed by atoms with van der Waals surface area (Å²) in [7, 11) is 0. The Labute approximate surface area is 178 Å². The number of fused-ring (bicyclic) bond motifs is 1. The van der Waals surface area contributed by atoms with Gasteiger partial charge in [0.1, 0.15) is 18.1 Å². The van der Waals surface area contributed by atoms with Gasteiger partial charge in [0, 0.05) is 16.8 Å². The molecule has 0 bridgehead atoms. The average molecular weight is 420 g/mol. The fourth-order valence-electron chi connectivity index (χ4n) is 3.73. The van der Waals surface area contributed by atoms with Gasteiger partial charge in [-0.05, 0) is 49.4 Å². The van der Waals surface area contributed by atoms with E-state index >= 15 is 0 Å². The Kier molecular flexibility index (Phi) is 5.44. The molecule has 2 N–H and O–H groups in total. The Morgan fingerprint density at radius 2 is 1.84 bits per heavy atom. The number of halogens is 1. The molecule has 6 nitrogen and oxygen atoms in total. The van der Waals surface area contributed by atoms with Gasteiger partial charge in [0.25, 0.3) is 5.91 Å². The van der Waals surface area contributed by atoms with Crippen LogP contribution in [0.4, 0.5) is 15.8 Å². The van der Waals surface area contributed by atoms with Crippen LogP contribution in [0.5, 0.6) is 5.75 Å². The van der Waals surface area contributed by atoms with E-state index in [2.05, 4.69) is 5.32 Å². The van der Waals surface area contributed by atoms with Gasteiger partial charge in [0.15, 0.2) is 5.60 Å². The molecular formula is C24H21FN2O4. The number of aliphatic hydroxyl groups is 1. The van der Waals surface area contributed by atoms with Crippen molar-refractivity contribution in [2.45, 2.75) is 12.5 Å². The molecule has 4 rings (SSSR count). The maximum Gasteiger partial charge on any atom is 0.268 e. The van der Waals surface area contributed by atoms with Crippen molar-refractivity contribution in [3.05, 3.63) is 89.7 Å². The van der Waals surface area contributed by atoms with E-state index in [1.165, 1.54) is 23.1 Å². The minimum atomic E-state index is -2.07. The lowest BCUT2D eigenvalue weighted by Gasteiger charge is -2.23. The molecule has 0 radical (unpaired) electrons. The predicted molar refractivity (Wildman–Crippen MR) is 114 cm³/mol. The van der Waals surface area contributed by atoms with Crippen molar-refractivity contribution in [1.29, 1.82) is 0 Å². The van der Waals surface area contributed by atoms with Gasteiger partial charge in [-0.25, -0.2) is 4.39 Å². The fraction of sp³-hybridized carbons (Fsp3) is 0.167. The second-order valence-electron chi connectivity index (χ2n) is 7.13. The van der Waals surface area contributed by atoms with Crippen LogP contribution in [0, 0.1) is 5.82 Å². The first-order valence-electron chi connectivity index (χ1n) is 9.86. The molecule has 7 heteroatoms. The average Bonchev–Trinajstić information content (AvgIpc) is 2.98. The van der Waals surface area contributed by atoms with Crippen molar-refractivity contribution in [1.82, 2.24) is 0 Å². The molecule has 3 aromatic rings. The van der Waals surface area contributed by atoms with E-state index in [1.54, 1.807) is 48.5 Å². The molecule has 0 saturated carbocycles. The van der Waals surface area contributed by atoms with Crippen LogP contribution in [0.3, 0.4) is 0 Å². The highest BCUT2D eigenvalue weighted by molar-refractivity contribution is 6.12. The van der Waals surface area contributed by atoms with Gasteiger partial charge < -0.3 is 15.2 Å². The van der Waals surface area contributed by atoms with Gasteiger partial charge >= 0.3 is 0 Å². The molecule has 1 aliphatic heterocycles. The van der Waals surface area contributed by atoms with Crippen molar-refractivity contribution in [3.63, 3.8) is 0 Å². The van der Waals surface area contributed by atoms with Crippen molar-refractivity contribution in [2.24, 2.45) is 0 Å². The standard InChI is InChI=1S/C24H21FN2O4/c1-2-31-19-12-10-18(11-13-19)26-22(28)15-27-21-9-4-3-8-20(21)24(30,23(27)29)16-6-5-7-17(25)14-16/h3-14,30H,2,15H2,1H3,(H,26,28)/t24-/m1/s1. The molecule has 0 spiro atoms. The number of carbonyl (C=O) groups excluding carboxylic acids is 2. The third-order valence-electron chi connectivity index (χ3n) is 5.13. The van der Waals surface area contributed by atoms with E-state index in [1.807, 2.05) is 6.92 Å². The second kappa shape index (κ2) is 8.20. The fourth-order valence-corrected chi connectivity index (χ4v) is 3.73. The summed E-state index contributed by atoms with van der Waals surface area (Å²) >= 11 is 0. The van der Waals surface area contributed by atoms with Crippen molar-refractivity contribution < 1.29 is 23.8 Å².